The molecule has 29 heavy (non-hydrogen) atoms. The van der Waals surface area contributed by atoms with Gasteiger partial charge in [-0.05, 0) is 23.5 Å². The monoisotopic (exact) mass is 563 g/mol. The van der Waals surface area contributed by atoms with Gasteiger partial charge in [0.2, 0.25) is 0 Å². The Balaban J connectivity index is 0.000000200. The Hall–Kier alpha value is -2.97. The van der Waals surface area contributed by atoms with Crippen molar-refractivity contribution in [2.75, 3.05) is 14.2 Å². The van der Waals surface area contributed by atoms with Gasteiger partial charge in [0.25, 0.3) is 0 Å². The molecule has 0 amide bonds. The molecule has 0 aliphatic carbocycles. The van der Waals surface area contributed by atoms with Crippen molar-refractivity contribution in [3.8, 4) is 34.0 Å². The molecule has 0 saturated carbocycles. The number of methoxy groups -OCH3 is 2. The van der Waals surface area contributed by atoms with Crippen molar-refractivity contribution in [2.45, 2.75) is 0 Å². The van der Waals surface area contributed by atoms with Gasteiger partial charge in [0.05, 0.1) is 14.2 Å². The number of rotatable bonds is 4. The molecule has 0 fully saturated rings. The van der Waals surface area contributed by atoms with Gasteiger partial charge in [-0.15, -0.1) is 48.5 Å². The van der Waals surface area contributed by atoms with Gasteiger partial charge in [0.15, 0.2) is 0 Å². The minimum absolute atomic E-state index is 0. The van der Waals surface area contributed by atoms with Crippen LogP contribution in [0.1, 0.15) is 0 Å². The topological polar surface area (TPSA) is 44.2 Å². The number of aromatic nitrogens is 2. The Morgan fingerprint density at radius 3 is 1.41 bits per heavy atom. The normalized spacial score (nSPS) is 9.45. The smallest absolute Gasteiger partial charge is 0.540 e. The number of benzene rings is 2. The molecule has 0 aliphatic heterocycles. The van der Waals surface area contributed by atoms with Crippen molar-refractivity contribution >= 4 is 0 Å². The fourth-order valence-electron chi connectivity index (χ4n) is 2.60. The van der Waals surface area contributed by atoms with Crippen LogP contribution in [0, 0.1) is 12.1 Å². The van der Waals surface area contributed by atoms with E-state index in [0.29, 0.717) is 0 Å². The molecule has 5 heteroatoms. The second-order valence-electron chi connectivity index (χ2n) is 5.66. The molecule has 4 nitrogen and oxygen atoms in total. The molecule has 0 saturated heterocycles. The minimum atomic E-state index is 0. The average molecular weight is 564 g/mol. The molecule has 4 rings (SSSR count). The fourth-order valence-corrected chi connectivity index (χ4v) is 2.60. The van der Waals surface area contributed by atoms with E-state index in [2.05, 4.69) is 22.1 Å². The van der Waals surface area contributed by atoms with Crippen LogP contribution in [0.5, 0.6) is 11.5 Å². The molecular formula is C24H20N2O2Pt. The van der Waals surface area contributed by atoms with E-state index in [1.165, 1.54) is 0 Å². The van der Waals surface area contributed by atoms with Gasteiger partial charge >= 0.3 is 21.1 Å². The summed E-state index contributed by atoms with van der Waals surface area (Å²) < 4.78 is 10.5. The second-order valence-corrected chi connectivity index (χ2v) is 5.66. The van der Waals surface area contributed by atoms with Crippen LogP contribution in [0.3, 0.4) is 0 Å². The molecule has 2 aromatic carbocycles. The molecule has 0 N–H and O–H groups in total. The molecule has 0 unspecified atom stereocenters. The van der Waals surface area contributed by atoms with Gasteiger partial charge in [-0.2, -0.15) is 0 Å². The zero-order valence-electron chi connectivity index (χ0n) is 16.1. The van der Waals surface area contributed by atoms with Crippen LogP contribution in [0.25, 0.3) is 22.5 Å². The molecule has 0 atom stereocenters. The van der Waals surface area contributed by atoms with Crippen LogP contribution in [-0.2, 0) is 21.1 Å². The van der Waals surface area contributed by atoms with E-state index in [1.54, 1.807) is 26.6 Å². The van der Waals surface area contributed by atoms with Crippen LogP contribution in [0.4, 0.5) is 0 Å². The van der Waals surface area contributed by atoms with E-state index in [9.17, 15) is 0 Å². The number of ether oxygens (including phenoxy) is 2. The molecule has 0 radical (unpaired) electrons. The maximum Gasteiger partial charge on any atom is 2.00 e. The van der Waals surface area contributed by atoms with E-state index < -0.39 is 0 Å². The second kappa shape index (κ2) is 11.8. The van der Waals surface area contributed by atoms with Gasteiger partial charge < -0.3 is 19.4 Å². The third-order valence-corrected chi connectivity index (χ3v) is 3.92. The largest absolute Gasteiger partial charge is 2.00 e. The van der Waals surface area contributed by atoms with E-state index in [4.69, 9.17) is 9.47 Å². The first kappa shape index (κ1) is 22.3. The Morgan fingerprint density at radius 2 is 1.07 bits per heavy atom. The van der Waals surface area contributed by atoms with Crippen molar-refractivity contribution in [2.24, 2.45) is 0 Å². The zero-order chi connectivity index (χ0) is 19.6. The quantitative estimate of drug-likeness (QED) is 0.324. The molecule has 2 heterocycles. The first-order valence-electron chi connectivity index (χ1n) is 8.75. The summed E-state index contributed by atoms with van der Waals surface area (Å²) in [5.74, 6) is 1.59. The number of hydrogen-bond donors (Lipinski definition) is 0. The van der Waals surface area contributed by atoms with Gasteiger partial charge in [-0.3, -0.25) is 0 Å². The first-order valence-corrected chi connectivity index (χ1v) is 8.75. The standard InChI is InChI=1S/2C12H10NO.Pt/c2*1-14-12-8-3-2-6-10(12)11-7-4-5-9-13-11;/h2*2-5,7-9H,1H3;/q2*-1;+2. The number of nitrogens with zero attached hydrogens (tertiary/aromatic N) is 2. The molecule has 0 spiro atoms. The van der Waals surface area contributed by atoms with Crippen molar-refractivity contribution in [3.63, 3.8) is 0 Å². The van der Waals surface area contributed by atoms with Gasteiger partial charge in [-0.1, -0.05) is 35.4 Å². The predicted molar refractivity (Wildman–Crippen MR) is 110 cm³/mol. The Morgan fingerprint density at radius 1 is 0.621 bits per heavy atom. The van der Waals surface area contributed by atoms with Crippen molar-refractivity contribution in [1.29, 1.82) is 0 Å². The number of pyridine rings is 2. The summed E-state index contributed by atoms with van der Waals surface area (Å²) in [6.07, 6.45) is 3.52. The third-order valence-electron chi connectivity index (χ3n) is 3.92. The van der Waals surface area contributed by atoms with Crippen LogP contribution < -0.4 is 9.47 Å². The molecule has 2 aromatic heterocycles. The summed E-state index contributed by atoms with van der Waals surface area (Å²) >= 11 is 0. The minimum Gasteiger partial charge on any atom is -0.540 e. The Kier molecular flexibility index (Phi) is 9.06. The summed E-state index contributed by atoms with van der Waals surface area (Å²) in [6, 6.07) is 29.1. The molecule has 0 bridgehead atoms. The Labute approximate surface area is 185 Å². The number of hydrogen-bond acceptors (Lipinski definition) is 4. The summed E-state index contributed by atoms with van der Waals surface area (Å²) in [5, 5.41) is 0. The summed E-state index contributed by atoms with van der Waals surface area (Å²) in [6.45, 7) is 0. The van der Waals surface area contributed by atoms with Crippen LogP contribution in [0.15, 0.2) is 85.2 Å². The van der Waals surface area contributed by atoms with E-state index in [0.717, 1.165) is 34.0 Å². The van der Waals surface area contributed by atoms with Crippen molar-refractivity contribution in [3.05, 3.63) is 97.3 Å². The van der Waals surface area contributed by atoms with Gasteiger partial charge in [0, 0.05) is 23.9 Å². The van der Waals surface area contributed by atoms with Crippen LogP contribution in [-0.4, -0.2) is 24.2 Å². The van der Waals surface area contributed by atoms with Gasteiger partial charge in [-0.25, -0.2) is 0 Å². The van der Waals surface area contributed by atoms with E-state index in [-0.39, 0.29) is 21.1 Å². The van der Waals surface area contributed by atoms with E-state index >= 15 is 0 Å². The summed E-state index contributed by atoms with van der Waals surface area (Å²) in [4.78, 5) is 8.49. The maximum atomic E-state index is 5.23. The third kappa shape index (κ3) is 6.00. The molecular weight excluding hydrogens is 543 g/mol. The SMILES string of the molecule is COc1ccc[c-]c1-c1ccccn1.COc1ccc[c-]c1-c1ccccn1.[Pt+2]. The van der Waals surface area contributed by atoms with Crippen LogP contribution >= 0.6 is 0 Å². The summed E-state index contributed by atoms with van der Waals surface area (Å²) in [7, 11) is 3.30. The molecule has 0 aliphatic rings. The maximum absolute atomic E-state index is 5.23. The van der Waals surface area contributed by atoms with E-state index in [1.807, 2.05) is 72.8 Å². The summed E-state index contributed by atoms with van der Waals surface area (Å²) in [5.41, 5.74) is 3.56. The van der Waals surface area contributed by atoms with Crippen molar-refractivity contribution in [1.82, 2.24) is 9.97 Å². The molecule has 148 valence electrons. The average Bonchev–Trinajstić information content (AvgIpc) is 2.80. The first-order chi connectivity index (χ1) is 13.8. The van der Waals surface area contributed by atoms with Gasteiger partial charge in [0.1, 0.15) is 0 Å². The fraction of sp³-hybridized carbons (Fsp3) is 0.0833. The molecule has 4 aromatic rings. The van der Waals surface area contributed by atoms with Crippen LogP contribution in [0.2, 0.25) is 0 Å². The Bertz CT molecular complexity index is 913. The van der Waals surface area contributed by atoms with Crippen molar-refractivity contribution < 1.29 is 30.5 Å². The predicted octanol–water partition coefficient (Wildman–Crippen LogP) is 5.11. The zero-order valence-corrected chi connectivity index (χ0v) is 18.4.